The van der Waals surface area contributed by atoms with Gasteiger partial charge in [0.25, 0.3) is 5.91 Å². The zero-order chi connectivity index (χ0) is 19.6. The van der Waals surface area contributed by atoms with Gasteiger partial charge in [-0.1, -0.05) is 23.8 Å². The van der Waals surface area contributed by atoms with Gasteiger partial charge in [0.05, 0.1) is 11.7 Å². The third-order valence-corrected chi connectivity index (χ3v) is 5.37. The van der Waals surface area contributed by atoms with Crippen molar-refractivity contribution < 1.29 is 15.0 Å². The molecule has 27 heavy (non-hydrogen) atoms. The minimum Gasteiger partial charge on any atom is -0.507 e. The van der Waals surface area contributed by atoms with E-state index in [0.717, 1.165) is 12.8 Å². The number of aromatic hydroxyl groups is 1. The third-order valence-electron chi connectivity index (χ3n) is 5.37. The molecule has 3 rings (SSSR count). The SMILES string of the molecule is Cc1ccc(N(C)C2CC(NCC(O)c3ccc(O)c(C(N)=O)c3)C2)cc1. The van der Waals surface area contributed by atoms with Gasteiger partial charge in [-0.05, 0) is 49.6 Å². The van der Waals surface area contributed by atoms with Gasteiger partial charge in [-0.2, -0.15) is 0 Å². The first-order valence-electron chi connectivity index (χ1n) is 9.19. The van der Waals surface area contributed by atoms with Crippen molar-refractivity contribution in [3.05, 3.63) is 59.2 Å². The number of amides is 1. The maximum atomic E-state index is 11.3. The van der Waals surface area contributed by atoms with Crippen LogP contribution in [0.2, 0.25) is 0 Å². The second-order valence-electron chi connectivity index (χ2n) is 7.33. The number of phenols is 1. The van der Waals surface area contributed by atoms with Gasteiger partial charge in [0.15, 0.2) is 0 Å². The molecule has 1 amide bonds. The van der Waals surface area contributed by atoms with Crippen LogP contribution in [-0.4, -0.2) is 41.8 Å². The van der Waals surface area contributed by atoms with Crippen LogP contribution in [0, 0.1) is 6.92 Å². The van der Waals surface area contributed by atoms with Gasteiger partial charge in [-0.25, -0.2) is 0 Å². The fourth-order valence-electron chi connectivity index (χ4n) is 3.42. The first kappa shape index (κ1) is 19.2. The summed E-state index contributed by atoms with van der Waals surface area (Å²) in [5, 5.41) is 23.4. The Morgan fingerprint density at radius 2 is 1.93 bits per heavy atom. The Morgan fingerprint density at radius 1 is 1.26 bits per heavy atom. The van der Waals surface area contributed by atoms with Crippen LogP contribution in [0.25, 0.3) is 0 Å². The highest BCUT2D eigenvalue weighted by atomic mass is 16.3. The Hall–Kier alpha value is -2.57. The van der Waals surface area contributed by atoms with Crippen molar-refractivity contribution in [2.24, 2.45) is 5.73 Å². The number of primary amides is 1. The lowest BCUT2D eigenvalue weighted by Crippen LogP contribution is -2.52. The minimum atomic E-state index is -0.766. The highest BCUT2D eigenvalue weighted by molar-refractivity contribution is 5.95. The van der Waals surface area contributed by atoms with Gasteiger partial charge in [0, 0.05) is 31.4 Å². The van der Waals surface area contributed by atoms with Crippen LogP contribution in [0.3, 0.4) is 0 Å². The molecular weight excluding hydrogens is 342 g/mol. The number of carbonyl (C=O) groups excluding carboxylic acids is 1. The van der Waals surface area contributed by atoms with E-state index in [-0.39, 0.29) is 11.3 Å². The molecule has 1 fully saturated rings. The van der Waals surface area contributed by atoms with E-state index >= 15 is 0 Å². The summed E-state index contributed by atoms with van der Waals surface area (Å²) in [4.78, 5) is 13.6. The number of rotatable bonds is 7. The molecule has 144 valence electrons. The number of aryl methyl sites for hydroxylation is 1. The molecule has 0 radical (unpaired) electrons. The van der Waals surface area contributed by atoms with Crippen LogP contribution in [0.5, 0.6) is 5.75 Å². The summed E-state index contributed by atoms with van der Waals surface area (Å²) < 4.78 is 0. The molecule has 0 bridgehead atoms. The van der Waals surface area contributed by atoms with Crippen molar-refractivity contribution in [1.29, 1.82) is 0 Å². The molecule has 1 aliphatic rings. The van der Waals surface area contributed by atoms with Crippen LogP contribution in [0.4, 0.5) is 5.69 Å². The van der Waals surface area contributed by atoms with Crippen molar-refractivity contribution in [3.8, 4) is 5.75 Å². The number of carbonyl (C=O) groups is 1. The summed E-state index contributed by atoms with van der Waals surface area (Å²) >= 11 is 0. The second-order valence-corrected chi connectivity index (χ2v) is 7.33. The van der Waals surface area contributed by atoms with Crippen LogP contribution in [0.15, 0.2) is 42.5 Å². The number of hydrogen-bond donors (Lipinski definition) is 4. The number of nitrogens with one attached hydrogen (secondary N) is 1. The first-order valence-corrected chi connectivity index (χ1v) is 9.19. The Bertz CT molecular complexity index is 801. The Morgan fingerprint density at radius 3 is 2.56 bits per heavy atom. The molecule has 0 heterocycles. The summed E-state index contributed by atoms with van der Waals surface area (Å²) in [6, 6.07) is 13.8. The van der Waals surface area contributed by atoms with E-state index in [4.69, 9.17) is 5.73 Å². The van der Waals surface area contributed by atoms with E-state index in [9.17, 15) is 15.0 Å². The molecule has 0 aliphatic heterocycles. The molecule has 2 aromatic rings. The van der Waals surface area contributed by atoms with Gasteiger partial charge >= 0.3 is 0 Å². The number of nitrogens with two attached hydrogens (primary N) is 1. The average molecular weight is 369 g/mol. The molecule has 0 spiro atoms. The fourth-order valence-corrected chi connectivity index (χ4v) is 3.42. The van der Waals surface area contributed by atoms with Crippen molar-refractivity contribution >= 4 is 11.6 Å². The van der Waals surface area contributed by atoms with Crippen molar-refractivity contribution in [3.63, 3.8) is 0 Å². The summed E-state index contributed by atoms with van der Waals surface area (Å²) in [5.74, 6) is -0.886. The molecule has 0 aromatic heterocycles. The van der Waals surface area contributed by atoms with E-state index in [0.29, 0.717) is 24.2 Å². The van der Waals surface area contributed by atoms with Gasteiger partial charge in [0.1, 0.15) is 5.75 Å². The number of aliphatic hydroxyl groups excluding tert-OH is 1. The molecule has 2 aromatic carbocycles. The lowest BCUT2D eigenvalue weighted by molar-refractivity contribution is 0.0997. The Labute approximate surface area is 159 Å². The van der Waals surface area contributed by atoms with Gasteiger partial charge in [0.2, 0.25) is 0 Å². The predicted molar refractivity (Wildman–Crippen MR) is 106 cm³/mol. The number of anilines is 1. The largest absolute Gasteiger partial charge is 0.507 e. The zero-order valence-corrected chi connectivity index (χ0v) is 15.7. The van der Waals surface area contributed by atoms with E-state index in [2.05, 4.69) is 48.5 Å². The second kappa shape index (κ2) is 7.98. The summed E-state index contributed by atoms with van der Waals surface area (Å²) in [6.45, 7) is 2.47. The van der Waals surface area contributed by atoms with Crippen LogP contribution in [-0.2, 0) is 0 Å². The number of aliphatic hydroxyl groups is 1. The maximum Gasteiger partial charge on any atom is 0.252 e. The zero-order valence-electron chi connectivity index (χ0n) is 15.7. The molecule has 1 aliphatic carbocycles. The topological polar surface area (TPSA) is 98.8 Å². The van der Waals surface area contributed by atoms with Crippen LogP contribution < -0.4 is 16.0 Å². The Balaban J connectivity index is 1.49. The normalized spacial score (nSPS) is 20.0. The van der Waals surface area contributed by atoms with Crippen molar-refractivity contribution in [1.82, 2.24) is 5.32 Å². The number of nitrogens with zero attached hydrogens (tertiary/aromatic N) is 1. The summed E-state index contributed by atoms with van der Waals surface area (Å²) in [7, 11) is 2.11. The molecule has 5 N–H and O–H groups in total. The van der Waals surface area contributed by atoms with Gasteiger partial charge in [-0.15, -0.1) is 0 Å². The van der Waals surface area contributed by atoms with Gasteiger partial charge in [-0.3, -0.25) is 4.79 Å². The monoisotopic (exact) mass is 369 g/mol. The van der Waals surface area contributed by atoms with Crippen LogP contribution in [0.1, 0.15) is 40.4 Å². The standard InChI is InChI=1S/C21H27N3O3/c1-13-3-6-16(7-4-13)24(2)17-10-15(11-17)23-12-20(26)14-5-8-19(25)18(9-14)21(22)27/h3-9,15,17,20,23,25-26H,10-12H2,1-2H3,(H2,22,27). The number of benzene rings is 2. The summed E-state index contributed by atoms with van der Waals surface area (Å²) in [6.07, 6.45) is 1.26. The van der Waals surface area contributed by atoms with Crippen LogP contribution >= 0.6 is 0 Å². The predicted octanol–water partition coefficient (Wildman–Crippen LogP) is 2.09. The smallest absolute Gasteiger partial charge is 0.252 e. The average Bonchev–Trinajstić information content (AvgIpc) is 2.60. The van der Waals surface area contributed by atoms with Crippen molar-refractivity contribution in [2.75, 3.05) is 18.5 Å². The molecular formula is C21H27N3O3. The molecule has 1 saturated carbocycles. The number of hydrogen-bond acceptors (Lipinski definition) is 5. The van der Waals surface area contributed by atoms with Crippen molar-refractivity contribution in [2.45, 2.75) is 38.0 Å². The lowest BCUT2D eigenvalue weighted by Gasteiger charge is -2.43. The molecule has 1 unspecified atom stereocenters. The Kier molecular flexibility index (Phi) is 5.68. The maximum absolute atomic E-state index is 11.3. The molecule has 0 saturated heterocycles. The fraction of sp³-hybridized carbons (Fsp3) is 0.381. The van der Waals surface area contributed by atoms with E-state index in [1.165, 1.54) is 23.4 Å². The lowest BCUT2D eigenvalue weighted by atomic mass is 9.85. The van der Waals surface area contributed by atoms with E-state index < -0.39 is 12.0 Å². The first-order chi connectivity index (χ1) is 12.8. The van der Waals surface area contributed by atoms with Gasteiger partial charge < -0.3 is 26.2 Å². The summed E-state index contributed by atoms with van der Waals surface area (Å²) in [5.41, 5.74) is 8.28. The quantitative estimate of drug-likeness (QED) is 0.599. The molecule has 1 atom stereocenters. The highest BCUT2D eigenvalue weighted by Crippen LogP contribution is 2.29. The minimum absolute atomic E-state index is 0.0231. The molecule has 6 heteroatoms. The third kappa shape index (κ3) is 4.40. The molecule has 6 nitrogen and oxygen atoms in total. The van der Waals surface area contributed by atoms with E-state index in [1.807, 2.05) is 0 Å². The highest BCUT2D eigenvalue weighted by Gasteiger charge is 2.32. The van der Waals surface area contributed by atoms with E-state index in [1.54, 1.807) is 6.07 Å².